The van der Waals surface area contributed by atoms with Crippen molar-refractivity contribution in [3.63, 3.8) is 0 Å². The molecule has 0 bridgehead atoms. The van der Waals surface area contributed by atoms with E-state index in [0.717, 1.165) is 0 Å². The van der Waals surface area contributed by atoms with Crippen molar-refractivity contribution in [3.05, 3.63) is 15.9 Å². The molecule has 0 aromatic carbocycles. The van der Waals surface area contributed by atoms with Gasteiger partial charge in [-0.05, 0) is 29.3 Å². The molecule has 0 saturated heterocycles. The molecule has 1 heterocycles. The van der Waals surface area contributed by atoms with Crippen LogP contribution in [0.1, 0.15) is 25.2 Å². The average Bonchev–Trinajstić information content (AvgIpc) is 2.54. The first-order valence-corrected chi connectivity index (χ1v) is 6.09. The Kier molecular flexibility index (Phi) is 4.60. The third-order valence-electron chi connectivity index (χ3n) is 2.46. The number of aliphatic hydroxyl groups is 1. The standard InChI is InChI=1S/C10H14BrF3N2O/c1-3-6-9(11)7(16(4-2)15-6)5-8(17)10(12,13)14/h8,17H,3-5H2,1-2H3. The van der Waals surface area contributed by atoms with E-state index in [1.54, 1.807) is 6.92 Å². The van der Waals surface area contributed by atoms with Crippen LogP contribution in [0.3, 0.4) is 0 Å². The summed E-state index contributed by atoms with van der Waals surface area (Å²) < 4.78 is 38.9. The number of rotatable bonds is 4. The van der Waals surface area contributed by atoms with Gasteiger partial charge in [0.1, 0.15) is 0 Å². The molecule has 3 nitrogen and oxygen atoms in total. The van der Waals surface area contributed by atoms with E-state index >= 15 is 0 Å². The van der Waals surface area contributed by atoms with Gasteiger partial charge in [0.15, 0.2) is 6.10 Å². The molecule has 1 unspecified atom stereocenters. The molecule has 0 spiro atoms. The largest absolute Gasteiger partial charge is 0.414 e. The lowest BCUT2D eigenvalue weighted by Gasteiger charge is -2.15. The summed E-state index contributed by atoms with van der Waals surface area (Å²) in [6, 6.07) is 0. The van der Waals surface area contributed by atoms with E-state index in [-0.39, 0.29) is 0 Å². The van der Waals surface area contributed by atoms with Crippen LogP contribution in [-0.2, 0) is 19.4 Å². The fourth-order valence-corrected chi connectivity index (χ4v) is 2.24. The normalized spacial score (nSPS) is 14.1. The van der Waals surface area contributed by atoms with Crippen molar-refractivity contribution >= 4 is 15.9 Å². The van der Waals surface area contributed by atoms with Crippen LogP contribution in [0.15, 0.2) is 4.47 Å². The first kappa shape index (κ1) is 14.5. The predicted molar refractivity (Wildman–Crippen MR) is 60.7 cm³/mol. The van der Waals surface area contributed by atoms with E-state index in [0.29, 0.717) is 28.8 Å². The van der Waals surface area contributed by atoms with Crippen LogP contribution in [0.5, 0.6) is 0 Å². The van der Waals surface area contributed by atoms with Gasteiger partial charge in [-0.2, -0.15) is 18.3 Å². The highest BCUT2D eigenvalue weighted by Gasteiger charge is 2.39. The van der Waals surface area contributed by atoms with Crippen molar-refractivity contribution in [2.24, 2.45) is 0 Å². The van der Waals surface area contributed by atoms with Crippen LogP contribution in [0.4, 0.5) is 13.2 Å². The Morgan fingerprint density at radius 2 is 2.00 bits per heavy atom. The zero-order valence-electron chi connectivity index (χ0n) is 9.55. The number of hydrogen-bond acceptors (Lipinski definition) is 2. The van der Waals surface area contributed by atoms with Gasteiger partial charge in [-0.1, -0.05) is 6.92 Å². The highest BCUT2D eigenvalue weighted by atomic mass is 79.9. The third kappa shape index (κ3) is 3.22. The number of halogens is 4. The summed E-state index contributed by atoms with van der Waals surface area (Å²) in [6.45, 7) is 4.14. The zero-order valence-corrected chi connectivity index (χ0v) is 11.1. The van der Waals surface area contributed by atoms with Gasteiger partial charge in [0, 0.05) is 13.0 Å². The molecule has 1 N–H and O–H groups in total. The zero-order chi connectivity index (χ0) is 13.2. The molecule has 1 atom stereocenters. The molecule has 0 fully saturated rings. The average molecular weight is 315 g/mol. The van der Waals surface area contributed by atoms with Crippen molar-refractivity contribution in [2.75, 3.05) is 0 Å². The van der Waals surface area contributed by atoms with Crippen LogP contribution < -0.4 is 0 Å². The van der Waals surface area contributed by atoms with Crippen molar-refractivity contribution in [3.8, 4) is 0 Å². The first-order chi connectivity index (χ1) is 7.81. The Hall–Kier alpha value is -0.560. The van der Waals surface area contributed by atoms with Crippen LogP contribution in [0, 0.1) is 0 Å². The second kappa shape index (κ2) is 5.39. The van der Waals surface area contributed by atoms with Gasteiger partial charge in [0.25, 0.3) is 0 Å². The molecule has 0 amide bonds. The summed E-state index contributed by atoms with van der Waals surface area (Å²) in [7, 11) is 0. The Balaban J connectivity index is 3.01. The molecule has 0 radical (unpaired) electrons. The Bertz CT molecular complexity index is 390. The Labute approximate surface area is 106 Å². The van der Waals surface area contributed by atoms with E-state index in [4.69, 9.17) is 5.11 Å². The minimum Gasteiger partial charge on any atom is -0.383 e. The molecule has 7 heteroatoms. The summed E-state index contributed by atoms with van der Waals surface area (Å²) >= 11 is 3.24. The molecule has 0 aliphatic heterocycles. The highest BCUT2D eigenvalue weighted by Crippen LogP contribution is 2.28. The quantitative estimate of drug-likeness (QED) is 0.928. The van der Waals surface area contributed by atoms with Gasteiger partial charge in [-0.15, -0.1) is 0 Å². The minimum absolute atomic E-state index is 0.383. The molecule has 1 aromatic rings. The molecule has 0 saturated carbocycles. The Morgan fingerprint density at radius 3 is 2.41 bits per heavy atom. The molecule has 1 rings (SSSR count). The molecular formula is C10H14BrF3N2O. The monoisotopic (exact) mass is 314 g/mol. The van der Waals surface area contributed by atoms with Gasteiger partial charge in [-0.25, -0.2) is 0 Å². The third-order valence-corrected chi connectivity index (χ3v) is 3.37. The van der Waals surface area contributed by atoms with E-state index in [2.05, 4.69) is 21.0 Å². The summed E-state index contributed by atoms with van der Waals surface area (Å²) in [5.41, 5.74) is 1.09. The fourth-order valence-electron chi connectivity index (χ4n) is 1.51. The van der Waals surface area contributed by atoms with Gasteiger partial charge in [0.2, 0.25) is 0 Å². The lowest BCUT2D eigenvalue weighted by Crippen LogP contribution is -2.31. The molecule has 98 valence electrons. The summed E-state index contributed by atoms with van der Waals surface area (Å²) in [5, 5.41) is 13.3. The van der Waals surface area contributed by atoms with E-state index in [1.807, 2.05) is 6.92 Å². The predicted octanol–water partition coefficient (Wildman–Crippen LogP) is 2.69. The van der Waals surface area contributed by atoms with Crippen molar-refractivity contribution < 1.29 is 18.3 Å². The second-order valence-electron chi connectivity index (χ2n) is 3.64. The lowest BCUT2D eigenvalue weighted by molar-refractivity contribution is -0.203. The summed E-state index contributed by atoms with van der Waals surface area (Å²) in [4.78, 5) is 0. The van der Waals surface area contributed by atoms with Crippen LogP contribution in [0.2, 0.25) is 0 Å². The molecule has 17 heavy (non-hydrogen) atoms. The first-order valence-electron chi connectivity index (χ1n) is 5.30. The topological polar surface area (TPSA) is 38.0 Å². The van der Waals surface area contributed by atoms with Gasteiger partial charge < -0.3 is 5.11 Å². The number of alkyl halides is 3. The van der Waals surface area contributed by atoms with E-state index in [1.165, 1.54) is 4.68 Å². The smallest absolute Gasteiger partial charge is 0.383 e. The minimum atomic E-state index is -4.60. The molecule has 0 aliphatic carbocycles. The van der Waals surface area contributed by atoms with Gasteiger partial charge in [-0.3, -0.25) is 4.68 Å². The SMILES string of the molecule is CCc1nn(CC)c(CC(O)C(F)(F)F)c1Br. The maximum atomic E-state index is 12.3. The number of aliphatic hydroxyl groups excluding tert-OH is 1. The molecule has 0 aliphatic rings. The van der Waals surface area contributed by atoms with E-state index < -0.39 is 18.7 Å². The van der Waals surface area contributed by atoms with Crippen molar-refractivity contribution in [1.29, 1.82) is 0 Å². The van der Waals surface area contributed by atoms with Gasteiger partial charge in [0.05, 0.1) is 15.9 Å². The van der Waals surface area contributed by atoms with E-state index in [9.17, 15) is 13.2 Å². The van der Waals surface area contributed by atoms with Gasteiger partial charge >= 0.3 is 6.18 Å². The molecule has 1 aromatic heterocycles. The highest BCUT2D eigenvalue weighted by molar-refractivity contribution is 9.10. The lowest BCUT2D eigenvalue weighted by atomic mass is 10.1. The maximum absolute atomic E-state index is 12.3. The fraction of sp³-hybridized carbons (Fsp3) is 0.700. The Morgan fingerprint density at radius 1 is 1.41 bits per heavy atom. The number of aromatic nitrogens is 2. The maximum Gasteiger partial charge on any atom is 0.414 e. The summed E-state index contributed by atoms with van der Waals surface area (Å²) in [5.74, 6) is 0. The number of aryl methyl sites for hydroxylation is 2. The summed E-state index contributed by atoms with van der Waals surface area (Å²) in [6.07, 6.45) is -6.81. The van der Waals surface area contributed by atoms with Crippen molar-refractivity contribution in [2.45, 2.75) is 45.5 Å². The van der Waals surface area contributed by atoms with Crippen LogP contribution in [-0.4, -0.2) is 27.2 Å². The van der Waals surface area contributed by atoms with Crippen molar-refractivity contribution in [1.82, 2.24) is 9.78 Å². The van der Waals surface area contributed by atoms with Crippen LogP contribution in [0.25, 0.3) is 0 Å². The number of nitrogens with zero attached hydrogens (tertiary/aromatic N) is 2. The van der Waals surface area contributed by atoms with Crippen LogP contribution >= 0.6 is 15.9 Å². The second-order valence-corrected chi connectivity index (χ2v) is 4.43. The number of hydrogen-bond donors (Lipinski definition) is 1. The molecular weight excluding hydrogens is 301 g/mol.